The molecule has 0 N–H and O–H groups in total. The quantitative estimate of drug-likeness (QED) is 0.152. The van der Waals surface area contributed by atoms with E-state index in [1.54, 1.807) is 0 Å². The molecule has 0 aliphatic rings. The number of nitriles is 3. The molecular weight excluding hydrogens is 438 g/mol. The molecule has 0 aliphatic carbocycles. The van der Waals surface area contributed by atoms with Crippen molar-refractivity contribution >= 4 is 0 Å². The summed E-state index contributed by atoms with van der Waals surface area (Å²) in [7, 11) is 0. The molecule has 0 heterocycles. The molecule has 1 rings (SSSR count). The van der Waals surface area contributed by atoms with Crippen molar-refractivity contribution < 1.29 is 0 Å². The predicted octanol–water partition coefficient (Wildman–Crippen LogP) is 10.2. The van der Waals surface area contributed by atoms with E-state index in [1.807, 2.05) is 6.07 Å². The van der Waals surface area contributed by atoms with E-state index < -0.39 is 0 Å². The molecule has 0 unspecified atom stereocenters. The van der Waals surface area contributed by atoms with Gasteiger partial charge in [0.1, 0.15) is 12.1 Å². The molecule has 36 heavy (non-hydrogen) atoms. The molecule has 0 fully saturated rings. The summed E-state index contributed by atoms with van der Waals surface area (Å²) in [6.45, 7) is 4.50. The van der Waals surface area contributed by atoms with Crippen molar-refractivity contribution in [2.75, 3.05) is 0 Å². The monoisotopic (exact) mass is 489 g/mol. The lowest BCUT2D eigenvalue weighted by molar-refractivity contribution is 0.555. The Bertz CT molecular complexity index is 834. The first-order valence-corrected chi connectivity index (χ1v) is 15.1. The van der Waals surface area contributed by atoms with Gasteiger partial charge >= 0.3 is 0 Å². The average Bonchev–Trinajstić information content (AvgIpc) is 2.90. The molecule has 0 saturated carbocycles. The van der Waals surface area contributed by atoms with Crippen LogP contribution in [0.2, 0.25) is 0 Å². The molecule has 0 bridgehead atoms. The second-order valence-corrected chi connectivity index (χ2v) is 10.5. The summed E-state index contributed by atoms with van der Waals surface area (Å²) in [6.07, 6.45) is 26.8. The lowest BCUT2D eigenvalue weighted by Gasteiger charge is -2.13. The van der Waals surface area contributed by atoms with Crippen LogP contribution in [0.15, 0.2) is 6.07 Å². The van der Waals surface area contributed by atoms with Gasteiger partial charge in [0, 0.05) is 0 Å². The minimum Gasteiger partial charge on any atom is -0.192 e. The molecule has 3 nitrogen and oxygen atoms in total. The minimum atomic E-state index is 0.453. The van der Waals surface area contributed by atoms with Crippen molar-refractivity contribution in [2.24, 2.45) is 0 Å². The minimum absolute atomic E-state index is 0.453. The molecule has 0 atom stereocenters. The van der Waals surface area contributed by atoms with E-state index in [4.69, 9.17) is 0 Å². The molecule has 0 aromatic heterocycles. The second-order valence-electron chi connectivity index (χ2n) is 10.5. The van der Waals surface area contributed by atoms with Gasteiger partial charge in [-0.1, -0.05) is 129 Å². The third-order valence-corrected chi connectivity index (χ3v) is 7.44. The zero-order chi connectivity index (χ0) is 26.3. The van der Waals surface area contributed by atoms with Gasteiger partial charge in [-0.15, -0.1) is 0 Å². The van der Waals surface area contributed by atoms with E-state index >= 15 is 0 Å². The van der Waals surface area contributed by atoms with Crippen LogP contribution in [-0.2, 0) is 12.8 Å². The van der Waals surface area contributed by atoms with Gasteiger partial charge in [0.15, 0.2) is 0 Å². The number of benzene rings is 1. The van der Waals surface area contributed by atoms with Crippen LogP contribution < -0.4 is 0 Å². The van der Waals surface area contributed by atoms with Gasteiger partial charge < -0.3 is 0 Å². The Morgan fingerprint density at radius 1 is 0.472 bits per heavy atom. The fraction of sp³-hybridized carbons (Fsp3) is 0.727. The summed E-state index contributed by atoms with van der Waals surface area (Å²) >= 11 is 0. The fourth-order valence-electron chi connectivity index (χ4n) is 5.18. The fourth-order valence-corrected chi connectivity index (χ4v) is 5.18. The van der Waals surface area contributed by atoms with E-state index in [9.17, 15) is 15.8 Å². The summed E-state index contributed by atoms with van der Waals surface area (Å²) in [6, 6.07) is 8.81. The summed E-state index contributed by atoms with van der Waals surface area (Å²) < 4.78 is 0. The summed E-state index contributed by atoms with van der Waals surface area (Å²) in [5.41, 5.74) is 3.24. The standard InChI is InChI=1S/C33H51N3/c1-3-5-7-9-11-13-15-17-19-21-23-29-25-30(26-34)31(33(28-36)32(29)27-35)24-22-20-18-16-14-12-10-8-6-4-2/h25H,3-24H2,1-2H3. The molecule has 198 valence electrons. The molecule has 0 saturated heterocycles. The van der Waals surface area contributed by atoms with Crippen LogP contribution in [0.5, 0.6) is 0 Å². The molecule has 3 heteroatoms. The van der Waals surface area contributed by atoms with Crippen LogP contribution in [0.3, 0.4) is 0 Å². The Morgan fingerprint density at radius 3 is 1.25 bits per heavy atom. The summed E-state index contributed by atoms with van der Waals surface area (Å²) in [5.74, 6) is 0. The zero-order valence-electron chi connectivity index (χ0n) is 23.5. The van der Waals surface area contributed by atoms with Crippen LogP contribution in [0, 0.1) is 34.0 Å². The first kappa shape index (κ1) is 31.7. The lowest BCUT2D eigenvalue weighted by Crippen LogP contribution is -2.04. The number of unbranched alkanes of at least 4 members (excludes halogenated alkanes) is 18. The molecule has 0 radical (unpaired) electrons. The smallest absolute Gasteiger partial charge is 0.101 e. The van der Waals surface area contributed by atoms with Crippen LogP contribution in [0.25, 0.3) is 0 Å². The first-order valence-electron chi connectivity index (χ1n) is 15.1. The topological polar surface area (TPSA) is 71.4 Å². The van der Waals surface area contributed by atoms with Gasteiger partial charge in [0.25, 0.3) is 0 Å². The van der Waals surface area contributed by atoms with Crippen LogP contribution in [0.1, 0.15) is 170 Å². The van der Waals surface area contributed by atoms with Gasteiger partial charge in [0.2, 0.25) is 0 Å². The molecule has 0 aliphatic heterocycles. The molecular formula is C33H51N3. The van der Waals surface area contributed by atoms with Crippen LogP contribution >= 0.6 is 0 Å². The second kappa shape index (κ2) is 21.9. The Balaban J connectivity index is 2.50. The Hall–Kier alpha value is -2.31. The molecule has 0 amide bonds. The maximum absolute atomic E-state index is 9.87. The highest BCUT2D eigenvalue weighted by Gasteiger charge is 2.17. The van der Waals surface area contributed by atoms with E-state index in [-0.39, 0.29) is 0 Å². The Kier molecular flexibility index (Phi) is 19.3. The third kappa shape index (κ3) is 13.1. The lowest BCUT2D eigenvalue weighted by atomic mass is 9.88. The van der Waals surface area contributed by atoms with Gasteiger partial charge in [-0.25, -0.2) is 0 Å². The van der Waals surface area contributed by atoms with E-state index in [2.05, 4.69) is 32.1 Å². The van der Waals surface area contributed by atoms with Crippen LogP contribution in [0.4, 0.5) is 0 Å². The maximum atomic E-state index is 9.87. The Labute approximate surface area is 222 Å². The van der Waals surface area contributed by atoms with Crippen molar-refractivity contribution in [1.82, 2.24) is 0 Å². The van der Waals surface area contributed by atoms with E-state index in [1.165, 1.54) is 103 Å². The highest BCUT2D eigenvalue weighted by atomic mass is 14.3. The molecule has 1 aromatic rings. The third-order valence-electron chi connectivity index (χ3n) is 7.44. The van der Waals surface area contributed by atoms with Gasteiger partial charge in [0.05, 0.1) is 22.8 Å². The predicted molar refractivity (Wildman–Crippen MR) is 152 cm³/mol. The maximum Gasteiger partial charge on any atom is 0.101 e. The first-order chi connectivity index (χ1) is 17.7. The number of nitrogens with zero attached hydrogens (tertiary/aromatic N) is 3. The van der Waals surface area contributed by atoms with Crippen molar-refractivity contribution in [3.8, 4) is 18.2 Å². The van der Waals surface area contributed by atoms with Crippen molar-refractivity contribution in [1.29, 1.82) is 15.8 Å². The average molecular weight is 490 g/mol. The van der Waals surface area contributed by atoms with Crippen molar-refractivity contribution in [3.05, 3.63) is 33.9 Å². The van der Waals surface area contributed by atoms with Gasteiger partial charge in [-0.2, -0.15) is 15.8 Å². The highest BCUT2D eigenvalue weighted by Crippen LogP contribution is 2.26. The normalized spacial score (nSPS) is 10.6. The molecule has 1 aromatic carbocycles. The number of aryl methyl sites for hydroxylation is 1. The number of rotatable bonds is 22. The summed E-state index contributed by atoms with van der Waals surface area (Å²) in [5, 5.41) is 29.5. The van der Waals surface area contributed by atoms with Gasteiger partial charge in [-0.3, -0.25) is 0 Å². The highest BCUT2D eigenvalue weighted by molar-refractivity contribution is 5.60. The number of hydrogen-bond donors (Lipinski definition) is 0. The zero-order valence-corrected chi connectivity index (χ0v) is 23.5. The van der Waals surface area contributed by atoms with Crippen molar-refractivity contribution in [3.63, 3.8) is 0 Å². The van der Waals surface area contributed by atoms with Crippen LogP contribution in [-0.4, -0.2) is 0 Å². The molecule has 0 spiro atoms. The SMILES string of the molecule is CCCCCCCCCCCCc1cc(C#N)c(CCCCCCCCCCCC)c(C#N)c1C#N. The van der Waals surface area contributed by atoms with Gasteiger partial charge in [-0.05, 0) is 42.9 Å². The van der Waals surface area contributed by atoms with E-state index in [0.717, 1.165) is 49.7 Å². The largest absolute Gasteiger partial charge is 0.192 e. The Morgan fingerprint density at radius 2 is 0.861 bits per heavy atom. The van der Waals surface area contributed by atoms with Crippen molar-refractivity contribution in [2.45, 2.75) is 155 Å². The number of hydrogen-bond acceptors (Lipinski definition) is 3. The van der Waals surface area contributed by atoms with E-state index in [0.29, 0.717) is 16.7 Å². The summed E-state index contributed by atoms with van der Waals surface area (Å²) in [4.78, 5) is 0.